The summed E-state index contributed by atoms with van der Waals surface area (Å²) in [5.74, 6) is 0. The van der Waals surface area contributed by atoms with E-state index in [4.69, 9.17) is 11.6 Å². The number of rotatable bonds is 4. The van der Waals surface area contributed by atoms with Crippen LogP contribution in [0.25, 0.3) is 0 Å². The van der Waals surface area contributed by atoms with Gasteiger partial charge in [-0.3, -0.25) is 14.8 Å². The SMILES string of the molecule is Cc1ccc(S(=O)(=O)Nc2c(C)ccc(Cl)c2[N+](=O)[O-])cc1. The molecule has 0 saturated heterocycles. The number of halogens is 1. The van der Waals surface area contributed by atoms with Crippen LogP contribution in [0.15, 0.2) is 41.3 Å². The molecule has 116 valence electrons. The van der Waals surface area contributed by atoms with Crippen LogP contribution >= 0.6 is 11.6 Å². The molecule has 6 nitrogen and oxygen atoms in total. The Hall–Kier alpha value is -2.12. The van der Waals surface area contributed by atoms with Crippen molar-refractivity contribution in [3.63, 3.8) is 0 Å². The van der Waals surface area contributed by atoms with Gasteiger partial charge in [0.05, 0.1) is 9.82 Å². The first-order chi connectivity index (χ1) is 10.2. The third-order valence-corrected chi connectivity index (χ3v) is 4.76. The lowest BCUT2D eigenvalue weighted by atomic mass is 10.2. The Bertz CT molecular complexity index is 833. The first-order valence-corrected chi connectivity index (χ1v) is 8.11. The molecule has 0 aliphatic heterocycles. The van der Waals surface area contributed by atoms with Crippen molar-refractivity contribution in [1.29, 1.82) is 0 Å². The molecule has 0 unspecified atom stereocenters. The number of nitrogens with one attached hydrogen (secondary N) is 1. The highest BCUT2D eigenvalue weighted by molar-refractivity contribution is 7.92. The van der Waals surface area contributed by atoms with Crippen LogP contribution in [0.2, 0.25) is 5.02 Å². The van der Waals surface area contributed by atoms with Crippen LogP contribution in [0, 0.1) is 24.0 Å². The summed E-state index contributed by atoms with van der Waals surface area (Å²) in [5.41, 5.74) is 0.728. The summed E-state index contributed by atoms with van der Waals surface area (Å²) in [4.78, 5) is 10.5. The van der Waals surface area contributed by atoms with E-state index in [-0.39, 0.29) is 15.6 Å². The second-order valence-corrected chi connectivity index (χ2v) is 6.85. The molecule has 0 saturated carbocycles. The number of hydrogen-bond donors (Lipinski definition) is 1. The maximum Gasteiger partial charge on any atom is 0.312 e. The Kier molecular flexibility index (Phi) is 4.39. The smallest absolute Gasteiger partial charge is 0.273 e. The van der Waals surface area contributed by atoms with Crippen LogP contribution in [-0.4, -0.2) is 13.3 Å². The number of hydrogen-bond acceptors (Lipinski definition) is 4. The lowest BCUT2D eigenvalue weighted by Gasteiger charge is -2.12. The van der Waals surface area contributed by atoms with Gasteiger partial charge in [-0.05, 0) is 37.6 Å². The van der Waals surface area contributed by atoms with E-state index in [9.17, 15) is 18.5 Å². The average Bonchev–Trinajstić information content (AvgIpc) is 2.43. The monoisotopic (exact) mass is 340 g/mol. The summed E-state index contributed by atoms with van der Waals surface area (Å²) < 4.78 is 27.0. The molecule has 8 heteroatoms. The fourth-order valence-electron chi connectivity index (χ4n) is 1.88. The van der Waals surface area contributed by atoms with Crippen molar-refractivity contribution in [2.24, 2.45) is 0 Å². The Morgan fingerprint density at radius 2 is 1.68 bits per heavy atom. The zero-order valence-electron chi connectivity index (χ0n) is 11.8. The minimum atomic E-state index is -3.94. The molecule has 0 fully saturated rings. The second kappa shape index (κ2) is 5.94. The normalized spacial score (nSPS) is 11.2. The van der Waals surface area contributed by atoms with E-state index in [1.807, 2.05) is 6.92 Å². The number of nitro benzene ring substituents is 1. The lowest BCUT2D eigenvalue weighted by Crippen LogP contribution is -2.15. The third kappa shape index (κ3) is 3.20. The van der Waals surface area contributed by atoms with Crippen molar-refractivity contribution in [3.05, 3.63) is 62.7 Å². The van der Waals surface area contributed by atoms with Gasteiger partial charge in [0.2, 0.25) is 0 Å². The van der Waals surface area contributed by atoms with Crippen molar-refractivity contribution in [2.45, 2.75) is 18.7 Å². The van der Waals surface area contributed by atoms with E-state index in [2.05, 4.69) is 4.72 Å². The minimum absolute atomic E-state index is 0.0202. The molecule has 0 bridgehead atoms. The van der Waals surface area contributed by atoms with Crippen molar-refractivity contribution in [3.8, 4) is 0 Å². The molecule has 2 aromatic rings. The first-order valence-electron chi connectivity index (χ1n) is 6.25. The van der Waals surface area contributed by atoms with Gasteiger partial charge in [-0.1, -0.05) is 35.4 Å². The number of sulfonamides is 1. The van der Waals surface area contributed by atoms with Gasteiger partial charge in [-0.2, -0.15) is 0 Å². The lowest BCUT2D eigenvalue weighted by molar-refractivity contribution is -0.383. The zero-order chi connectivity index (χ0) is 16.5. The predicted molar refractivity (Wildman–Crippen MR) is 84.8 cm³/mol. The molecular weight excluding hydrogens is 328 g/mol. The molecule has 1 N–H and O–H groups in total. The molecule has 0 heterocycles. The summed E-state index contributed by atoms with van der Waals surface area (Å²) >= 11 is 5.82. The Morgan fingerprint density at radius 1 is 1.09 bits per heavy atom. The van der Waals surface area contributed by atoms with Crippen molar-refractivity contribution in [1.82, 2.24) is 0 Å². The maximum atomic E-state index is 12.4. The van der Waals surface area contributed by atoms with E-state index >= 15 is 0 Å². The number of benzene rings is 2. The zero-order valence-corrected chi connectivity index (χ0v) is 13.4. The van der Waals surface area contributed by atoms with E-state index in [1.54, 1.807) is 19.1 Å². The number of aryl methyl sites for hydroxylation is 2. The van der Waals surface area contributed by atoms with E-state index in [0.717, 1.165) is 5.56 Å². The molecule has 0 aromatic heterocycles. The van der Waals surface area contributed by atoms with Gasteiger partial charge >= 0.3 is 5.69 Å². The van der Waals surface area contributed by atoms with E-state index < -0.39 is 20.6 Å². The van der Waals surface area contributed by atoms with Gasteiger partial charge in [0.15, 0.2) is 0 Å². The van der Waals surface area contributed by atoms with E-state index in [0.29, 0.717) is 5.56 Å². The van der Waals surface area contributed by atoms with Crippen molar-refractivity contribution < 1.29 is 13.3 Å². The highest BCUT2D eigenvalue weighted by atomic mass is 35.5. The second-order valence-electron chi connectivity index (χ2n) is 4.76. The molecule has 2 aromatic carbocycles. The molecule has 0 amide bonds. The molecular formula is C14H13ClN2O4S. The summed E-state index contributed by atoms with van der Waals surface area (Å²) in [7, 11) is -3.94. The topological polar surface area (TPSA) is 89.3 Å². The van der Waals surface area contributed by atoms with Gasteiger partial charge in [-0.25, -0.2) is 8.42 Å². The Balaban J connectivity index is 2.53. The van der Waals surface area contributed by atoms with Gasteiger partial charge in [0, 0.05) is 0 Å². The van der Waals surface area contributed by atoms with Gasteiger partial charge < -0.3 is 0 Å². The first kappa shape index (κ1) is 16.3. The fraction of sp³-hybridized carbons (Fsp3) is 0.143. The highest BCUT2D eigenvalue weighted by Crippen LogP contribution is 2.36. The van der Waals surface area contributed by atoms with Gasteiger partial charge in [0.1, 0.15) is 10.7 Å². The Labute approximate surface area is 132 Å². The van der Waals surface area contributed by atoms with E-state index in [1.165, 1.54) is 24.3 Å². The largest absolute Gasteiger partial charge is 0.312 e. The summed E-state index contributed by atoms with van der Waals surface area (Å²) in [5, 5.41) is 11.0. The third-order valence-electron chi connectivity index (χ3n) is 3.09. The molecule has 2 rings (SSSR count). The van der Waals surface area contributed by atoms with Crippen molar-refractivity contribution >= 4 is 33.0 Å². The number of anilines is 1. The summed E-state index contributed by atoms with van der Waals surface area (Å²) in [6, 6.07) is 9.04. The maximum absolute atomic E-state index is 12.4. The van der Waals surface area contributed by atoms with Gasteiger partial charge in [0.25, 0.3) is 10.0 Å². The number of nitro groups is 1. The highest BCUT2D eigenvalue weighted by Gasteiger charge is 2.25. The molecule has 0 atom stereocenters. The van der Waals surface area contributed by atoms with Crippen LogP contribution in [0.4, 0.5) is 11.4 Å². The minimum Gasteiger partial charge on any atom is -0.273 e. The molecule has 22 heavy (non-hydrogen) atoms. The quantitative estimate of drug-likeness (QED) is 0.679. The summed E-state index contributed by atoms with van der Waals surface area (Å²) in [6.07, 6.45) is 0. The standard InChI is InChI=1S/C14H13ClN2O4S/c1-9-3-6-11(7-4-9)22(20,21)16-13-10(2)5-8-12(15)14(13)17(18)19/h3-8,16H,1-2H3. The van der Waals surface area contributed by atoms with Crippen LogP contribution in [-0.2, 0) is 10.0 Å². The summed E-state index contributed by atoms with van der Waals surface area (Å²) in [6.45, 7) is 3.39. The fourth-order valence-corrected chi connectivity index (χ4v) is 3.25. The Morgan fingerprint density at radius 3 is 2.23 bits per heavy atom. The number of nitrogens with zero attached hydrogens (tertiary/aromatic N) is 1. The van der Waals surface area contributed by atoms with Crippen LogP contribution in [0.5, 0.6) is 0 Å². The average molecular weight is 341 g/mol. The molecule has 0 aliphatic carbocycles. The van der Waals surface area contributed by atoms with Crippen molar-refractivity contribution in [2.75, 3.05) is 4.72 Å². The van der Waals surface area contributed by atoms with Crippen LogP contribution in [0.1, 0.15) is 11.1 Å². The molecule has 0 aliphatic rings. The predicted octanol–water partition coefficient (Wildman–Crippen LogP) is 3.67. The van der Waals surface area contributed by atoms with Gasteiger partial charge in [-0.15, -0.1) is 0 Å². The molecule has 0 radical (unpaired) electrons. The molecule has 0 spiro atoms. The van der Waals surface area contributed by atoms with Crippen LogP contribution < -0.4 is 4.72 Å². The van der Waals surface area contributed by atoms with Crippen LogP contribution in [0.3, 0.4) is 0 Å².